The van der Waals surface area contributed by atoms with Crippen LogP contribution in [0.1, 0.15) is 29.5 Å². The van der Waals surface area contributed by atoms with Gasteiger partial charge in [0.1, 0.15) is 11.3 Å². The molecule has 0 spiro atoms. The maximum Gasteiger partial charge on any atom is 0.128 e. The van der Waals surface area contributed by atoms with E-state index in [1.807, 2.05) is 50.2 Å². The Hall–Kier alpha value is -1.58. The largest absolute Gasteiger partial charge is 0.321 e. The molecule has 0 aliphatic rings. The minimum absolute atomic E-state index is 0.196. The molecule has 0 aliphatic heterocycles. The molecule has 2 aromatic heterocycles. The third-order valence-electron chi connectivity index (χ3n) is 3.38. The number of alkyl halides is 1. The summed E-state index contributed by atoms with van der Waals surface area (Å²) in [7, 11) is 0. The standard InChI is InChI=1S/C16H15Cl2N3/c1-10-5-3-6-12(19-10)9-21-14-8-4-7-13(18)15(14)20-16(21)11(2)17/h3-8,11H,9H2,1-2H3. The molecule has 0 fully saturated rings. The summed E-state index contributed by atoms with van der Waals surface area (Å²) in [6.07, 6.45) is 0. The van der Waals surface area contributed by atoms with Gasteiger partial charge in [-0.3, -0.25) is 4.98 Å². The summed E-state index contributed by atoms with van der Waals surface area (Å²) in [6, 6.07) is 11.8. The molecule has 0 aliphatic carbocycles. The Kier molecular flexibility index (Phi) is 3.87. The van der Waals surface area contributed by atoms with Crippen LogP contribution < -0.4 is 0 Å². The van der Waals surface area contributed by atoms with E-state index in [2.05, 4.69) is 14.5 Å². The molecule has 21 heavy (non-hydrogen) atoms. The van der Waals surface area contributed by atoms with Gasteiger partial charge in [-0.1, -0.05) is 23.7 Å². The number of halogens is 2. The molecule has 3 nitrogen and oxygen atoms in total. The topological polar surface area (TPSA) is 30.7 Å². The number of fused-ring (bicyclic) bond motifs is 1. The van der Waals surface area contributed by atoms with E-state index < -0.39 is 0 Å². The predicted molar refractivity (Wildman–Crippen MR) is 87.1 cm³/mol. The maximum absolute atomic E-state index is 6.28. The first-order chi connectivity index (χ1) is 10.1. The molecule has 0 saturated carbocycles. The van der Waals surface area contributed by atoms with Gasteiger partial charge < -0.3 is 4.57 Å². The summed E-state index contributed by atoms with van der Waals surface area (Å²) >= 11 is 12.5. The van der Waals surface area contributed by atoms with Crippen molar-refractivity contribution < 1.29 is 0 Å². The predicted octanol–water partition coefficient (Wildman–Crippen LogP) is 4.74. The van der Waals surface area contributed by atoms with Gasteiger partial charge in [0.2, 0.25) is 0 Å². The minimum atomic E-state index is -0.196. The van der Waals surface area contributed by atoms with Crippen LogP contribution in [0, 0.1) is 6.92 Å². The average Bonchev–Trinajstić information content (AvgIpc) is 2.80. The van der Waals surface area contributed by atoms with E-state index in [1.165, 1.54) is 0 Å². The highest BCUT2D eigenvalue weighted by atomic mass is 35.5. The normalized spacial score (nSPS) is 12.8. The number of imidazole rings is 1. The summed E-state index contributed by atoms with van der Waals surface area (Å²) < 4.78 is 2.08. The van der Waals surface area contributed by atoms with Crippen molar-refractivity contribution in [2.45, 2.75) is 25.8 Å². The molecular weight excluding hydrogens is 305 g/mol. The van der Waals surface area contributed by atoms with E-state index in [-0.39, 0.29) is 5.38 Å². The average molecular weight is 320 g/mol. The van der Waals surface area contributed by atoms with E-state index in [0.717, 1.165) is 28.2 Å². The number of hydrogen-bond donors (Lipinski definition) is 0. The lowest BCUT2D eigenvalue weighted by molar-refractivity contribution is 0.725. The number of pyridine rings is 1. The number of hydrogen-bond acceptors (Lipinski definition) is 2. The molecule has 0 saturated heterocycles. The maximum atomic E-state index is 6.28. The van der Waals surface area contributed by atoms with E-state index in [0.29, 0.717) is 11.6 Å². The molecule has 3 aromatic rings. The van der Waals surface area contributed by atoms with Crippen LogP contribution in [0.2, 0.25) is 5.02 Å². The van der Waals surface area contributed by atoms with Gasteiger partial charge in [-0.25, -0.2) is 4.98 Å². The van der Waals surface area contributed by atoms with Gasteiger partial charge in [0.25, 0.3) is 0 Å². The molecule has 0 radical (unpaired) electrons. The Morgan fingerprint density at radius 2 is 1.90 bits per heavy atom. The van der Waals surface area contributed by atoms with Crippen molar-refractivity contribution >= 4 is 34.2 Å². The molecule has 5 heteroatoms. The van der Waals surface area contributed by atoms with Crippen LogP contribution in [-0.4, -0.2) is 14.5 Å². The van der Waals surface area contributed by atoms with Gasteiger partial charge in [-0.05, 0) is 38.1 Å². The lowest BCUT2D eigenvalue weighted by Gasteiger charge is -2.10. The Labute approximate surface area is 133 Å². The molecule has 1 unspecified atom stereocenters. The zero-order valence-corrected chi connectivity index (χ0v) is 13.4. The van der Waals surface area contributed by atoms with E-state index >= 15 is 0 Å². The van der Waals surface area contributed by atoms with Crippen molar-refractivity contribution in [1.29, 1.82) is 0 Å². The second-order valence-electron chi connectivity index (χ2n) is 5.05. The van der Waals surface area contributed by atoms with Crippen LogP contribution in [-0.2, 0) is 6.54 Å². The summed E-state index contributed by atoms with van der Waals surface area (Å²) in [5.74, 6) is 0.808. The Morgan fingerprint density at radius 3 is 2.62 bits per heavy atom. The van der Waals surface area contributed by atoms with Gasteiger partial charge >= 0.3 is 0 Å². The monoisotopic (exact) mass is 319 g/mol. The number of nitrogens with zero attached hydrogens (tertiary/aromatic N) is 3. The first-order valence-corrected chi connectivity index (χ1v) is 7.59. The lowest BCUT2D eigenvalue weighted by Crippen LogP contribution is -2.07. The molecule has 3 rings (SSSR count). The fourth-order valence-electron chi connectivity index (χ4n) is 2.45. The Bertz CT molecular complexity index is 793. The summed E-state index contributed by atoms with van der Waals surface area (Å²) in [5, 5.41) is 0.445. The first-order valence-electron chi connectivity index (χ1n) is 6.77. The van der Waals surface area contributed by atoms with Gasteiger partial charge in [-0.2, -0.15) is 0 Å². The molecular formula is C16H15Cl2N3. The van der Waals surface area contributed by atoms with Gasteiger partial charge in [0.05, 0.1) is 28.2 Å². The van der Waals surface area contributed by atoms with Crippen LogP contribution >= 0.6 is 23.2 Å². The molecule has 0 amide bonds. The highest BCUT2D eigenvalue weighted by Crippen LogP contribution is 2.29. The smallest absolute Gasteiger partial charge is 0.128 e. The fourth-order valence-corrected chi connectivity index (χ4v) is 2.83. The fraction of sp³-hybridized carbons (Fsp3) is 0.250. The minimum Gasteiger partial charge on any atom is -0.321 e. The van der Waals surface area contributed by atoms with Crippen LogP contribution in [0.3, 0.4) is 0 Å². The molecule has 2 heterocycles. The molecule has 0 bridgehead atoms. The van der Waals surface area contributed by atoms with Gasteiger partial charge in [0, 0.05) is 5.69 Å². The number of benzene rings is 1. The second kappa shape index (κ2) is 5.66. The summed E-state index contributed by atoms with van der Waals surface area (Å²) in [5.41, 5.74) is 3.74. The number of rotatable bonds is 3. The van der Waals surface area contributed by atoms with Crippen LogP contribution in [0.15, 0.2) is 36.4 Å². The molecule has 1 atom stereocenters. The van der Waals surface area contributed by atoms with Crippen LogP contribution in [0.5, 0.6) is 0 Å². The SMILES string of the molecule is Cc1cccc(Cn2c(C(C)Cl)nc3c(Cl)cccc32)n1. The summed E-state index contributed by atoms with van der Waals surface area (Å²) in [6.45, 7) is 4.53. The zero-order chi connectivity index (χ0) is 15.0. The molecule has 108 valence electrons. The number of aromatic nitrogens is 3. The van der Waals surface area contributed by atoms with Crippen molar-refractivity contribution in [3.8, 4) is 0 Å². The Morgan fingerprint density at radius 1 is 1.14 bits per heavy atom. The highest BCUT2D eigenvalue weighted by molar-refractivity contribution is 6.35. The van der Waals surface area contributed by atoms with Crippen molar-refractivity contribution in [3.63, 3.8) is 0 Å². The van der Waals surface area contributed by atoms with Crippen molar-refractivity contribution in [1.82, 2.24) is 14.5 Å². The quantitative estimate of drug-likeness (QED) is 0.653. The molecule has 1 aromatic carbocycles. The molecule has 0 N–H and O–H groups in total. The van der Waals surface area contributed by atoms with E-state index in [9.17, 15) is 0 Å². The van der Waals surface area contributed by atoms with Gasteiger partial charge in [0.15, 0.2) is 0 Å². The summed E-state index contributed by atoms with van der Waals surface area (Å²) in [4.78, 5) is 9.15. The Balaban J connectivity index is 2.16. The number of para-hydroxylation sites is 1. The zero-order valence-electron chi connectivity index (χ0n) is 11.8. The van der Waals surface area contributed by atoms with Crippen LogP contribution in [0.25, 0.3) is 11.0 Å². The highest BCUT2D eigenvalue weighted by Gasteiger charge is 2.17. The first kappa shape index (κ1) is 14.4. The van der Waals surface area contributed by atoms with Gasteiger partial charge in [-0.15, -0.1) is 11.6 Å². The third kappa shape index (κ3) is 2.76. The van der Waals surface area contributed by atoms with E-state index in [4.69, 9.17) is 23.2 Å². The lowest BCUT2D eigenvalue weighted by atomic mass is 10.3. The second-order valence-corrected chi connectivity index (χ2v) is 6.11. The van der Waals surface area contributed by atoms with E-state index in [1.54, 1.807) is 0 Å². The van der Waals surface area contributed by atoms with Crippen molar-refractivity contribution in [2.24, 2.45) is 0 Å². The third-order valence-corrected chi connectivity index (χ3v) is 3.88. The van der Waals surface area contributed by atoms with Crippen LogP contribution in [0.4, 0.5) is 0 Å². The van der Waals surface area contributed by atoms with Crippen molar-refractivity contribution in [2.75, 3.05) is 0 Å². The number of aryl methyl sites for hydroxylation is 1. The van der Waals surface area contributed by atoms with Crippen molar-refractivity contribution in [3.05, 3.63) is 58.6 Å².